The van der Waals surface area contributed by atoms with E-state index in [4.69, 9.17) is 4.74 Å². The topological polar surface area (TPSA) is 89.8 Å². The monoisotopic (exact) mass is 386 g/mol. The van der Waals surface area contributed by atoms with Crippen LogP contribution in [-0.4, -0.2) is 27.9 Å². The number of imide groups is 1. The molecule has 3 rings (SSSR count). The highest BCUT2D eigenvalue weighted by Crippen LogP contribution is 2.34. The number of halogens is 1. The Hall–Kier alpha value is -3.29. The van der Waals surface area contributed by atoms with Crippen molar-refractivity contribution in [1.29, 1.82) is 0 Å². The summed E-state index contributed by atoms with van der Waals surface area (Å²) in [7, 11) is 0. The Morgan fingerprint density at radius 1 is 1.29 bits per heavy atom. The minimum atomic E-state index is -0.799. The first-order valence-corrected chi connectivity index (χ1v) is 8.80. The van der Waals surface area contributed by atoms with Gasteiger partial charge >= 0.3 is 6.09 Å². The Kier molecular flexibility index (Phi) is 5.39. The Morgan fingerprint density at radius 3 is 2.68 bits per heavy atom. The van der Waals surface area contributed by atoms with Crippen molar-refractivity contribution < 1.29 is 23.6 Å². The molecule has 28 heavy (non-hydrogen) atoms. The molecule has 0 aliphatic carbocycles. The van der Waals surface area contributed by atoms with Crippen LogP contribution >= 0.6 is 0 Å². The van der Waals surface area contributed by atoms with E-state index in [1.807, 2.05) is 0 Å². The largest absolute Gasteiger partial charge is 0.439 e. The number of nitro benzene ring substituents is 1. The van der Waals surface area contributed by atoms with Gasteiger partial charge in [-0.15, -0.1) is 0 Å². The summed E-state index contributed by atoms with van der Waals surface area (Å²) in [5.41, 5.74) is 1.51. The molecule has 1 heterocycles. The van der Waals surface area contributed by atoms with Crippen molar-refractivity contribution in [1.82, 2.24) is 4.90 Å². The molecule has 2 amide bonds. The van der Waals surface area contributed by atoms with Crippen LogP contribution in [0.15, 0.2) is 42.5 Å². The van der Waals surface area contributed by atoms with Gasteiger partial charge in [0.05, 0.1) is 11.0 Å². The van der Waals surface area contributed by atoms with Gasteiger partial charge in [0.15, 0.2) is 0 Å². The Labute approximate surface area is 160 Å². The third kappa shape index (κ3) is 3.85. The highest BCUT2D eigenvalue weighted by Gasteiger charge is 2.43. The fraction of sp³-hybridized carbons (Fsp3) is 0.300. The molecule has 1 saturated heterocycles. The first-order valence-electron chi connectivity index (χ1n) is 8.80. The van der Waals surface area contributed by atoms with Crippen LogP contribution < -0.4 is 0 Å². The molecule has 2 aromatic carbocycles. The van der Waals surface area contributed by atoms with Gasteiger partial charge < -0.3 is 4.74 Å². The molecule has 1 aliphatic heterocycles. The lowest BCUT2D eigenvalue weighted by atomic mass is 10.0. The summed E-state index contributed by atoms with van der Waals surface area (Å²) < 4.78 is 19.0. The number of carbonyl (C=O) groups is 2. The second-order valence-corrected chi connectivity index (χ2v) is 6.76. The van der Waals surface area contributed by atoms with Gasteiger partial charge in [-0.2, -0.15) is 0 Å². The lowest BCUT2D eigenvalue weighted by molar-refractivity contribution is -0.385. The van der Waals surface area contributed by atoms with E-state index in [1.165, 1.54) is 18.2 Å². The summed E-state index contributed by atoms with van der Waals surface area (Å²) in [4.78, 5) is 36.4. The fourth-order valence-electron chi connectivity index (χ4n) is 3.43. The molecule has 7 nitrogen and oxygen atoms in total. The number of ether oxygens (including phenoxy) is 1. The summed E-state index contributed by atoms with van der Waals surface area (Å²) in [6.45, 7) is 3.38. The van der Waals surface area contributed by atoms with Gasteiger partial charge in [0.25, 0.3) is 5.69 Å². The zero-order chi connectivity index (χ0) is 20.4. The van der Waals surface area contributed by atoms with Gasteiger partial charge in [-0.1, -0.05) is 24.3 Å². The van der Waals surface area contributed by atoms with Crippen molar-refractivity contribution >= 4 is 17.7 Å². The third-order valence-corrected chi connectivity index (χ3v) is 4.73. The van der Waals surface area contributed by atoms with Crippen LogP contribution in [0.4, 0.5) is 14.9 Å². The van der Waals surface area contributed by atoms with Crippen LogP contribution in [0.25, 0.3) is 0 Å². The molecule has 0 bridgehead atoms. The second kappa shape index (κ2) is 7.75. The fourth-order valence-corrected chi connectivity index (χ4v) is 3.43. The molecular formula is C20H19FN2O5. The van der Waals surface area contributed by atoms with Gasteiger partial charge in [-0.25, -0.2) is 14.1 Å². The highest BCUT2D eigenvalue weighted by atomic mass is 19.1. The summed E-state index contributed by atoms with van der Waals surface area (Å²) >= 11 is 0. The van der Waals surface area contributed by atoms with Gasteiger partial charge in [0.1, 0.15) is 11.9 Å². The maximum atomic E-state index is 13.7. The van der Waals surface area contributed by atoms with Crippen molar-refractivity contribution in [3.05, 3.63) is 75.1 Å². The maximum Gasteiger partial charge on any atom is 0.417 e. The van der Waals surface area contributed by atoms with Crippen molar-refractivity contribution in [2.24, 2.45) is 0 Å². The summed E-state index contributed by atoms with van der Waals surface area (Å²) in [5, 5.41) is 11.1. The van der Waals surface area contributed by atoms with Crippen molar-refractivity contribution in [2.45, 2.75) is 38.8 Å². The highest BCUT2D eigenvalue weighted by molar-refractivity contribution is 5.94. The first-order chi connectivity index (χ1) is 13.3. The quantitative estimate of drug-likeness (QED) is 0.570. The molecule has 0 aromatic heterocycles. The number of hydrogen-bond acceptors (Lipinski definition) is 5. The molecule has 0 saturated carbocycles. The molecule has 0 unspecified atom stereocenters. The van der Waals surface area contributed by atoms with E-state index in [0.29, 0.717) is 16.7 Å². The predicted octanol–water partition coefficient (Wildman–Crippen LogP) is 4.08. The van der Waals surface area contributed by atoms with E-state index in [0.717, 1.165) is 4.90 Å². The zero-order valence-corrected chi connectivity index (χ0v) is 15.4. The second-order valence-electron chi connectivity index (χ2n) is 6.76. The number of nitrogens with zero attached hydrogens (tertiary/aromatic N) is 2. The van der Waals surface area contributed by atoms with Crippen molar-refractivity contribution in [3.63, 3.8) is 0 Å². The van der Waals surface area contributed by atoms with Crippen LogP contribution in [0.2, 0.25) is 0 Å². The number of cyclic esters (lactones) is 1. The van der Waals surface area contributed by atoms with Gasteiger partial charge in [-0.05, 0) is 43.5 Å². The van der Waals surface area contributed by atoms with Crippen LogP contribution in [-0.2, 0) is 16.0 Å². The lowest BCUT2D eigenvalue weighted by Crippen LogP contribution is -2.37. The molecule has 2 aromatic rings. The zero-order valence-electron chi connectivity index (χ0n) is 15.4. The smallest absolute Gasteiger partial charge is 0.417 e. The SMILES string of the molecule is Cc1cc(F)cc([C@H]2OC(=O)N(C(=O)CCc3ccccc3[N+](=O)[O-])[C@H]2C)c1. The minimum Gasteiger partial charge on any atom is -0.439 e. The van der Waals surface area contributed by atoms with E-state index in [9.17, 15) is 24.1 Å². The molecule has 8 heteroatoms. The molecule has 0 N–H and O–H groups in total. The van der Waals surface area contributed by atoms with Crippen molar-refractivity contribution in [3.8, 4) is 0 Å². The average molecular weight is 386 g/mol. The lowest BCUT2D eigenvalue weighted by Gasteiger charge is -2.19. The van der Waals surface area contributed by atoms with Crippen LogP contribution in [0, 0.1) is 22.9 Å². The normalized spacial score (nSPS) is 18.8. The first kappa shape index (κ1) is 19.5. The number of rotatable bonds is 5. The Morgan fingerprint density at radius 2 is 2.00 bits per heavy atom. The van der Waals surface area contributed by atoms with E-state index in [1.54, 1.807) is 38.1 Å². The van der Waals surface area contributed by atoms with Crippen LogP contribution in [0.3, 0.4) is 0 Å². The Bertz CT molecular complexity index is 926. The molecular weight excluding hydrogens is 367 g/mol. The number of hydrogen-bond donors (Lipinski definition) is 0. The predicted molar refractivity (Wildman–Crippen MR) is 98.1 cm³/mol. The molecule has 2 atom stereocenters. The van der Waals surface area contributed by atoms with E-state index < -0.39 is 34.9 Å². The van der Waals surface area contributed by atoms with Gasteiger partial charge in [-0.3, -0.25) is 14.9 Å². The summed E-state index contributed by atoms with van der Waals surface area (Å²) in [5.74, 6) is -0.939. The van der Waals surface area contributed by atoms with E-state index >= 15 is 0 Å². The molecule has 0 spiro atoms. The molecule has 0 radical (unpaired) electrons. The number of carbonyl (C=O) groups excluding carboxylic acids is 2. The molecule has 1 aliphatic rings. The van der Waals surface area contributed by atoms with Crippen LogP contribution in [0.5, 0.6) is 0 Å². The molecule has 1 fully saturated rings. The van der Waals surface area contributed by atoms with E-state index in [-0.39, 0.29) is 18.5 Å². The van der Waals surface area contributed by atoms with E-state index in [2.05, 4.69) is 0 Å². The average Bonchev–Trinajstić information content (AvgIpc) is 2.93. The van der Waals surface area contributed by atoms with Crippen molar-refractivity contribution in [2.75, 3.05) is 0 Å². The maximum absolute atomic E-state index is 13.7. The number of amides is 2. The number of nitro groups is 1. The number of para-hydroxylation sites is 1. The Balaban J connectivity index is 1.74. The number of aryl methyl sites for hydroxylation is 2. The van der Waals surface area contributed by atoms with Crippen LogP contribution in [0.1, 0.15) is 36.1 Å². The minimum absolute atomic E-state index is 0.0690. The standard InChI is InChI=1S/C20H19FN2O5/c1-12-9-15(11-16(21)10-12)19-13(2)22(20(25)28-19)18(24)8-7-14-5-3-4-6-17(14)23(26)27/h3-6,9-11,13,19H,7-8H2,1-2H3/t13-,19-/m0/s1. The van der Waals surface area contributed by atoms with Gasteiger partial charge in [0, 0.05) is 18.1 Å². The number of benzene rings is 2. The summed E-state index contributed by atoms with van der Waals surface area (Å²) in [6, 6.07) is 9.88. The third-order valence-electron chi connectivity index (χ3n) is 4.73. The van der Waals surface area contributed by atoms with Gasteiger partial charge in [0.2, 0.25) is 5.91 Å². The molecule has 146 valence electrons. The summed E-state index contributed by atoms with van der Waals surface area (Å²) in [6.07, 6.45) is -1.53.